The summed E-state index contributed by atoms with van der Waals surface area (Å²) in [5, 5.41) is 4.13. The highest BCUT2D eigenvalue weighted by atomic mass is 32.2. The number of aryl methyl sites for hydroxylation is 1. The molecule has 28 heavy (non-hydrogen) atoms. The number of rotatable bonds is 5. The maximum Gasteiger partial charge on any atom is 0.261 e. The van der Waals surface area contributed by atoms with Gasteiger partial charge in [0.25, 0.3) is 5.56 Å². The van der Waals surface area contributed by atoms with Gasteiger partial charge in [0.15, 0.2) is 0 Å². The molecule has 5 nitrogen and oxygen atoms in total. The van der Waals surface area contributed by atoms with Crippen LogP contribution in [-0.4, -0.2) is 20.7 Å². The molecule has 3 aromatic rings. The molecule has 0 radical (unpaired) electrons. The number of aromatic nitrogens is 2. The number of hydrogen-bond acceptors (Lipinski definition) is 4. The van der Waals surface area contributed by atoms with Crippen LogP contribution < -0.4 is 10.9 Å². The summed E-state index contributed by atoms with van der Waals surface area (Å²) in [7, 11) is 0. The summed E-state index contributed by atoms with van der Waals surface area (Å²) in [4.78, 5) is 31.0. The van der Waals surface area contributed by atoms with E-state index >= 15 is 0 Å². The predicted octanol–water partition coefficient (Wildman–Crippen LogP) is 4.38. The van der Waals surface area contributed by atoms with Gasteiger partial charge in [-0.05, 0) is 44.0 Å². The molecule has 1 heterocycles. The van der Waals surface area contributed by atoms with Crippen molar-refractivity contribution in [3.05, 3.63) is 64.7 Å². The van der Waals surface area contributed by atoms with Crippen LogP contribution in [0.3, 0.4) is 0 Å². The van der Waals surface area contributed by atoms with Crippen LogP contribution in [0.25, 0.3) is 10.9 Å². The van der Waals surface area contributed by atoms with Gasteiger partial charge in [-0.25, -0.2) is 4.98 Å². The summed E-state index contributed by atoms with van der Waals surface area (Å²) < 4.78 is 1.43. The topological polar surface area (TPSA) is 64.0 Å². The van der Waals surface area contributed by atoms with Crippen molar-refractivity contribution in [2.45, 2.75) is 49.3 Å². The van der Waals surface area contributed by atoms with Crippen molar-refractivity contribution in [2.75, 3.05) is 5.32 Å². The van der Waals surface area contributed by atoms with Crippen molar-refractivity contribution in [2.24, 2.45) is 0 Å². The normalized spacial score (nSPS) is 14.5. The van der Waals surface area contributed by atoms with Gasteiger partial charge in [-0.2, -0.15) is 0 Å². The van der Waals surface area contributed by atoms with E-state index in [-0.39, 0.29) is 18.0 Å². The van der Waals surface area contributed by atoms with Crippen LogP contribution >= 0.6 is 11.8 Å². The molecule has 2 aromatic carbocycles. The third-order valence-electron chi connectivity index (χ3n) is 5.11. The molecular formula is C22H23N3O2S. The third kappa shape index (κ3) is 3.97. The molecule has 0 atom stereocenters. The molecule has 0 unspecified atom stereocenters. The van der Waals surface area contributed by atoms with Crippen LogP contribution in [0, 0.1) is 6.92 Å². The van der Waals surface area contributed by atoms with Crippen molar-refractivity contribution in [1.82, 2.24) is 9.55 Å². The highest BCUT2D eigenvalue weighted by molar-refractivity contribution is 8.00. The molecule has 144 valence electrons. The number of benzene rings is 2. The number of para-hydroxylation sites is 2. The van der Waals surface area contributed by atoms with E-state index in [1.54, 1.807) is 13.0 Å². The Balaban J connectivity index is 1.54. The van der Waals surface area contributed by atoms with E-state index in [0.717, 1.165) is 10.6 Å². The molecule has 1 N–H and O–H groups in total. The van der Waals surface area contributed by atoms with Crippen molar-refractivity contribution in [1.29, 1.82) is 0 Å². The zero-order valence-electron chi connectivity index (χ0n) is 15.9. The van der Waals surface area contributed by atoms with Crippen molar-refractivity contribution in [3.63, 3.8) is 0 Å². The van der Waals surface area contributed by atoms with Gasteiger partial charge in [-0.15, -0.1) is 11.8 Å². The standard InChI is InChI=1S/C22H23N3O2S/c1-15-23-18-11-5-4-10-17(18)22(27)25(15)14-21(26)24-19-12-6-7-13-20(19)28-16-8-2-3-9-16/h4-7,10-13,16H,2-3,8-9,14H2,1H3,(H,24,26). The Labute approximate surface area is 168 Å². The molecule has 1 aromatic heterocycles. The fourth-order valence-corrected chi connectivity index (χ4v) is 4.99. The Bertz CT molecular complexity index is 1070. The van der Waals surface area contributed by atoms with Crippen LogP contribution in [0.15, 0.2) is 58.2 Å². The number of thioether (sulfide) groups is 1. The van der Waals surface area contributed by atoms with E-state index in [4.69, 9.17) is 0 Å². The van der Waals surface area contributed by atoms with Gasteiger partial charge in [0.2, 0.25) is 5.91 Å². The van der Waals surface area contributed by atoms with Gasteiger partial charge in [0, 0.05) is 10.1 Å². The summed E-state index contributed by atoms with van der Waals surface area (Å²) in [6.45, 7) is 1.70. The lowest BCUT2D eigenvalue weighted by atomic mass is 10.2. The highest BCUT2D eigenvalue weighted by Gasteiger charge is 2.18. The van der Waals surface area contributed by atoms with Crippen molar-refractivity contribution < 1.29 is 4.79 Å². The summed E-state index contributed by atoms with van der Waals surface area (Å²) >= 11 is 1.84. The second kappa shape index (κ2) is 8.19. The minimum atomic E-state index is -0.221. The minimum Gasteiger partial charge on any atom is -0.324 e. The van der Waals surface area contributed by atoms with Crippen LogP contribution in [0.1, 0.15) is 31.5 Å². The highest BCUT2D eigenvalue weighted by Crippen LogP contribution is 2.37. The van der Waals surface area contributed by atoms with Gasteiger partial charge in [-0.3, -0.25) is 14.2 Å². The molecule has 1 aliphatic carbocycles. The maximum atomic E-state index is 12.8. The lowest BCUT2D eigenvalue weighted by Gasteiger charge is -2.15. The zero-order chi connectivity index (χ0) is 19.5. The fraction of sp³-hybridized carbons (Fsp3) is 0.318. The van der Waals surface area contributed by atoms with Crippen molar-refractivity contribution in [3.8, 4) is 0 Å². The molecule has 1 saturated carbocycles. The zero-order valence-corrected chi connectivity index (χ0v) is 16.7. The Hall–Kier alpha value is -2.60. The molecular weight excluding hydrogens is 370 g/mol. The number of nitrogens with one attached hydrogen (secondary N) is 1. The maximum absolute atomic E-state index is 12.8. The summed E-state index contributed by atoms with van der Waals surface area (Å²) in [6.07, 6.45) is 5.02. The Kier molecular flexibility index (Phi) is 5.48. The largest absolute Gasteiger partial charge is 0.324 e. The van der Waals surface area contributed by atoms with Gasteiger partial charge >= 0.3 is 0 Å². The second-order valence-electron chi connectivity index (χ2n) is 7.14. The fourth-order valence-electron chi connectivity index (χ4n) is 3.66. The number of amides is 1. The van der Waals surface area contributed by atoms with Crippen molar-refractivity contribution >= 4 is 34.3 Å². The molecule has 1 fully saturated rings. The first kappa shape index (κ1) is 18.7. The number of carbonyl (C=O) groups is 1. The quantitative estimate of drug-likeness (QED) is 0.699. The average molecular weight is 394 g/mol. The first-order valence-corrected chi connectivity index (χ1v) is 10.5. The molecule has 0 aliphatic heterocycles. The smallest absolute Gasteiger partial charge is 0.261 e. The number of carbonyl (C=O) groups excluding carboxylic acids is 1. The summed E-state index contributed by atoms with van der Waals surface area (Å²) in [5.74, 6) is 0.314. The monoisotopic (exact) mass is 393 g/mol. The Morgan fingerprint density at radius 2 is 1.86 bits per heavy atom. The van der Waals surface area contributed by atoms with Gasteiger partial charge in [0.05, 0.1) is 16.6 Å². The molecule has 6 heteroatoms. The van der Waals surface area contributed by atoms with E-state index in [0.29, 0.717) is 22.0 Å². The van der Waals surface area contributed by atoms with Crippen LogP contribution in [0.4, 0.5) is 5.69 Å². The third-order valence-corrected chi connectivity index (χ3v) is 6.53. The Morgan fingerprint density at radius 3 is 2.68 bits per heavy atom. The molecule has 1 amide bonds. The lowest BCUT2D eigenvalue weighted by Crippen LogP contribution is -2.30. The van der Waals surface area contributed by atoms with E-state index in [9.17, 15) is 9.59 Å². The average Bonchev–Trinajstić information content (AvgIpc) is 3.20. The first-order valence-electron chi connectivity index (χ1n) is 9.63. The number of hydrogen-bond donors (Lipinski definition) is 1. The molecule has 1 aliphatic rings. The van der Waals surface area contributed by atoms with Crippen LogP contribution in [0.2, 0.25) is 0 Å². The van der Waals surface area contributed by atoms with E-state index in [2.05, 4.69) is 10.3 Å². The van der Waals surface area contributed by atoms with Gasteiger partial charge < -0.3 is 5.32 Å². The number of anilines is 1. The predicted molar refractivity (Wildman–Crippen MR) is 114 cm³/mol. The lowest BCUT2D eigenvalue weighted by molar-refractivity contribution is -0.116. The molecule has 0 spiro atoms. The van der Waals surface area contributed by atoms with Crippen LogP contribution in [0.5, 0.6) is 0 Å². The van der Waals surface area contributed by atoms with E-state index in [1.807, 2.05) is 54.2 Å². The van der Waals surface area contributed by atoms with Crippen LogP contribution in [-0.2, 0) is 11.3 Å². The molecule has 0 saturated heterocycles. The van der Waals surface area contributed by atoms with E-state index in [1.165, 1.54) is 30.3 Å². The number of nitrogens with zero attached hydrogens (tertiary/aromatic N) is 2. The molecule has 4 rings (SSSR count). The number of fused-ring (bicyclic) bond motifs is 1. The SMILES string of the molecule is Cc1nc2ccccc2c(=O)n1CC(=O)Nc1ccccc1SC1CCCC1. The second-order valence-corrected chi connectivity index (χ2v) is 8.48. The molecule has 0 bridgehead atoms. The first-order chi connectivity index (χ1) is 13.6. The van der Waals surface area contributed by atoms with E-state index < -0.39 is 0 Å². The Morgan fingerprint density at radius 1 is 1.14 bits per heavy atom. The van der Waals surface area contributed by atoms with Gasteiger partial charge in [0.1, 0.15) is 12.4 Å². The van der Waals surface area contributed by atoms with Gasteiger partial charge in [-0.1, -0.05) is 37.1 Å². The summed E-state index contributed by atoms with van der Waals surface area (Å²) in [5.41, 5.74) is 1.27. The summed E-state index contributed by atoms with van der Waals surface area (Å²) in [6, 6.07) is 15.1. The minimum absolute atomic E-state index is 0.0507.